The summed E-state index contributed by atoms with van der Waals surface area (Å²) in [5.74, 6) is -1.25. The highest BCUT2D eigenvalue weighted by Gasteiger charge is 2.36. The minimum Gasteiger partial charge on any atom is -0.478 e. The molecule has 2 atom stereocenters. The predicted octanol–water partition coefficient (Wildman–Crippen LogP) is 1.18. The molecule has 1 heterocycles. The van der Waals surface area contributed by atoms with E-state index in [1.807, 2.05) is 0 Å². The molecule has 6 nitrogen and oxygen atoms in total. The largest absolute Gasteiger partial charge is 0.478 e. The molecule has 0 bridgehead atoms. The quantitative estimate of drug-likeness (QED) is 0.906. The summed E-state index contributed by atoms with van der Waals surface area (Å²) < 4.78 is 32.1. The van der Waals surface area contributed by atoms with Crippen LogP contribution in [-0.2, 0) is 14.8 Å². The average Bonchev–Trinajstić information content (AvgIpc) is 2.41. The molecule has 7 heteroatoms. The van der Waals surface area contributed by atoms with E-state index in [0.29, 0.717) is 6.61 Å². The van der Waals surface area contributed by atoms with Crippen molar-refractivity contribution < 1.29 is 23.1 Å². The number of sulfonamides is 1. The van der Waals surface area contributed by atoms with Crippen molar-refractivity contribution in [3.8, 4) is 0 Å². The minimum atomic E-state index is -3.85. The lowest BCUT2D eigenvalue weighted by Crippen LogP contribution is -2.50. The number of hydrogen-bond acceptors (Lipinski definition) is 4. The first-order valence-corrected chi connectivity index (χ1v) is 7.74. The fourth-order valence-electron chi connectivity index (χ4n) is 2.20. The van der Waals surface area contributed by atoms with E-state index >= 15 is 0 Å². The Morgan fingerprint density at radius 1 is 1.35 bits per heavy atom. The predicted molar refractivity (Wildman–Crippen MR) is 72.2 cm³/mol. The van der Waals surface area contributed by atoms with Gasteiger partial charge in [0.05, 0.1) is 23.2 Å². The fourth-order valence-corrected chi connectivity index (χ4v) is 4.08. The maximum atomic E-state index is 12.7. The van der Waals surface area contributed by atoms with Crippen LogP contribution in [0.25, 0.3) is 0 Å². The van der Waals surface area contributed by atoms with Gasteiger partial charge in [-0.25, -0.2) is 13.2 Å². The van der Waals surface area contributed by atoms with Crippen molar-refractivity contribution in [2.45, 2.75) is 30.9 Å². The van der Waals surface area contributed by atoms with E-state index in [9.17, 15) is 13.2 Å². The fraction of sp³-hybridized carbons (Fsp3) is 0.462. The maximum Gasteiger partial charge on any atom is 0.337 e. The number of rotatable bonds is 3. The summed E-state index contributed by atoms with van der Waals surface area (Å²) in [5, 5.41) is 9.14. The van der Waals surface area contributed by atoms with E-state index in [2.05, 4.69) is 0 Å². The Balaban J connectivity index is 2.47. The molecule has 0 radical (unpaired) electrons. The van der Waals surface area contributed by atoms with Crippen LogP contribution < -0.4 is 0 Å². The molecule has 1 N–H and O–H groups in total. The lowest BCUT2D eigenvalue weighted by Gasteiger charge is -2.35. The van der Waals surface area contributed by atoms with Crippen molar-refractivity contribution in [1.29, 1.82) is 0 Å². The van der Waals surface area contributed by atoms with Gasteiger partial charge in [0.1, 0.15) is 0 Å². The molecule has 1 fully saturated rings. The summed E-state index contributed by atoms with van der Waals surface area (Å²) in [7, 11) is -3.85. The van der Waals surface area contributed by atoms with Crippen LogP contribution in [0.2, 0.25) is 0 Å². The topological polar surface area (TPSA) is 83.9 Å². The third kappa shape index (κ3) is 2.70. The van der Waals surface area contributed by atoms with Gasteiger partial charge in [-0.2, -0.15) is 4.31 Å². The van der Waals surface area contributed by atoms with Crippen LogP contribution in [0.1, 0.15) is 24.2 Å². The summed E-state index contributed by atoms with van der Waals surface area (Å²) >= 11 is 0. The van der Waals surface area contributed by atoms with Gasteiger partial charge in [-0.15, -0.1) is 0 Å². The minimum absolute atomic E-state index is 0.173. The molecule has 1 aromatic rings. The van der Waals surface area contributed by atoms with Crippen molar-refractivity contribution in [3.05, 3.63) is 29.8 Å². The molecule has 1 aromatic carbocycles. The van der Waals surface area contributed by atoms with Gasteiger partial charge in [0, 0.05) is 12.6 Å². The molecule has 2 rings (SSSR count). The van der Waals surface area contributed by atoms with Crippen LogP contribution in [0, 0.1) is 0 Å². The van der Waals surface area contributed by atoms with Gasteiger partial charge in [-0.05, 0) is 26.0 Å². The van der Waals surface area contributed by atoms with Crippen molar-refractivity contribution in [2.24, 2.45) is 0 Å². The van der Waals surface area contributed by atoms with E-state index in [1.54, 1.807) is 13.8 Å². The van der Waals surface area contributed by atoms with Crippen LogP contribution in [-0.4, -0.2) is 49.1 Å². The average molecular weight is 299 g/mol. The standard InChI is InChI=1S/C13H17NO5S/c1-9-8-19-10(2)7-14(9)20(17,18)12-6-4-3-5-11(12)13(15)16/h3-6,9-10H,7-8H2,1-2H3,(H,15,16). The van der Waals surface area contributed by atoms with Gasteiger partial charge in [0.25, 0.3) is 0 Å². The molecule has 0 spiro atoms. The Hall–Kier alpha value is -1.44. The zero-order chi connectivity index (χ0) is 14.9. The second kappa shape index (κ2) is 5.51. The summed E-state index contributed by atoms with van der Waals surface area (Å²) in [6.07, 6.45) is -0.210. The number of hydrogen-bond donors (Lipinski definition) is 1. The van der Waals surface area contributed by atoms with E-state index < -0.39 is 16.0 Å². The molecule has 0 saturated carbocycles. The zero-order valence-corrected chi connectivity index (χ0v) is 12.1. The SMILES string of the molecule is CC1CN(S(=O)(=O)c2ccccc2C(=O)O)C(C)CO1. The molecule has 1 aliphatic rings. The first-order chi connectivity index (χ1) is 9.34. The van der Waals surface area contributed by atoms with Crippen molar-refractivity contribution in [3.63, 3.8) is 0 Å². The molecule has 0 aliphatic carbocycles. The van der Waals surface area contributed by atoms with Crippen LogP contribution in [0.4, 0.5) is 0 Å². The molecule has 0 amide bonds. The zero-order valence-electron chi connectivity index (χ0n) is 11.3. The molecule has 0 aromatic heterocycles. The monoisotopic (exact) mass is 299 g/mol. The highest BCUT2D eigenvalue weighted by atomic mass is 32.2. The van der Waals surface area contributed by atoms with Gasteiger partial charge >= 0.3 is 5.97 Å². The maximum absolute atomic E-state index is 12.7. The Labute approximate surface area is 118 Å². The summed E-state index contributed by atoms with van der Waals surface area (Å²) in [6.45, 7) is 4.05. The lowest BCUT2D eigenvalue weighted by molar-refractivity contribution is -0.0170. The number of morpholine rings is 1. The van der Waals surface area contributed by atoms with Gasteiger partial charge < -0.3 is 9.84 Å². The van der Waals surface area contributed by atoms with Gasteiger partial charge in [-0.3, -0.25) is 0 Å². The Kier molecular flexibility index (Phi) is 4.12. The van der Waals surface area contributed by atoms with Crippen LogP contribution in [0.3, 0.4) is 0 Å². The molecule has 2 unspecified atom stereocenters. The van der Waals surface area contributed by atoms with Crippen LogP contribution in [0.5, 0.6) is 0 Å². The summed E-state index contributed by atoms with van der Waals surface area (Å²) in [4.78, 5) is 11.0. The van der Waals surface area contributed by atoms with Crippen molar-refractivity contribution in [2.75, 3.05) is 13.2 Å². The van der Waals surface area contributed by atoms with Gasteiger partial charge in [0.2, 0.25) is 10.0 Å². The number of benzene rings is 1. The number of carbonyl (C=O) groups is 1. The van der Waals surface area contributed by atoms with Crippen molar-refractivity contribution in [1.82, 2.24) is 4.31 Å². The second-order valence-electron chi connectivity index (χ2n) is 4.87. The summed E-state index contributed by atoms with van der Waals surface area (Å²) in [6, 6.07) is 5.33. The highest BCUT2D eigenvalue weighted by Crippen LogP contribution is 2.25. The third-order valence-corrected chi connectivity index (χ3v) is 5.29. The second-order valence-corrected chi connectivity index (χ2v) is 6.73. The lowest BCUT2D eigenvalue weighted by atomic mass is 10.2. The Bertz CT molecular complexity index is 613. The molecule has 110 valence electrons. The van der Waals surface area contributed by atoms with E-state index in [1.165, 1.54) is 28.6 Å². The molecule has 1 aliphatic heterocycles. The number of carboxylic acid groups (broad SMARTS) is 1. The summed E-state index contributed by atoms with van der Waals surface area (Å²) in [5.41, 5.74) is -0.209. The van der Waals surface area contributed by atoms with E-state index in [-0.39, 0.29) is 29.1 Å². The first-order valence-electron chi connectivity index (χ1n) is 6.30. The van der Waals surface area contributed by atoms with Crippen LogP contribution in [0.15, 0.2) is 29.2 Å². The molecule has 1 saturated heterocycles. The first kappa shape index (κ1) is 15.0. The van der Waals surface area contributed by atoms with E-state index in [4.69, 9.17) is 9.84 Å². The molecular formula is C13H17NO5S. The smallest absolute Gasteiger partial charge is 0.337 e. The number of nitrogens with zero attached hydrogens (tertiary/aromatic N) is 1. The Morgan fingerprint density at radius 2 is 2.00 bits per heavy atom. The van der Waals surface area contributed by atoms with Crippen LogP contribution >= 0.6 is 0 Å². The normalized spacial score (nSPS) is 24.5. The number of carboxylic acids is 1. The van der Waals surface area contributed by atoms with Gasteiger partial charge in [0.15, 0.2) is 0 Å². The number of ether oxygens (including phenoxy) is 1. The highest BCUT2D eigenvalue weighted by molar-refractivity contribution is 7.89. The third-order valence-electron chi connectivity index (χ3n) is 3.25. The van der Waals surface area contributed by atoms with E-state index in [0.717, 1.165) is 0 Å². The van der Waals surface area contributed by atoms with Crippen molar-refractivity contribution >= 4 is 16.0 Å². The Morgan fingerprint density at radius 3 is 2.65 bits per heavy atom. The number of aromatic carboxylic acids is 1. The molecular weight excluding hydrogens is 282 g/mol. The molecule has 20 heavy (non-hydrogen) atoms. The van der Waals surface area contributed by atoms with Gasteiger partial charge in [-0.1, -0.05) is 12.1 Å².